The van der Waals surface area contributed by atoms with Crippen LogP contribution in [0, 0.1) is 12.8 Å². The van der Waals surface area contributed by atoms with Gasteiger partial charge in [0.05, 0.1) is 11.2 Å². The molecule has 2 rings (SSSR count). The highest BCUT2D eigenvalue weighted by Gasteiger charge is 2.27. The van der Waals surface area contributed by atoms with Crippen molar-refractivity contribution in [3.63, 3.8) is 0 Å². The van der Waals surface area contributed by atoms with Crippen molar-refractivity contribution in [1.29, 1.82) is 0 Å². The summed E-state index contributed by atoms with van der Waals surface area (Å²) in [5.41, 5.74) is 3.10. The van der Waals surface area contributed by atoms with E-state index in [4.69, 9.17) is 0 Å². The topological polar surface area (TPSA) is 36.4 Å². The molecule has 0 saturated carbocycles. The number of likely N-dealkylation sites (tertiary alicyclic amines) is 1. The molecule has 118 valence electrons. The third-order valence-electron chi connectivity index (χ3n) is 4.30. The van der Waals surface area contributed by atoms with Crippen molar-refractivity contribution in [2.45, 2.75) is 46.1 Å². The molecule has 0 aliphatic carbocycles. The number of thiazole rings is 1. The SMILES string of the molecule is Cc1ncsc1CCN(C)CC1CCC(=O)N(C(C)C)C1. The monoisotopic (exact) mass is 309 g/mol. The molecule has 1 unspecified atom stereocenters. The van der Waals surface area contributed by atoms with Gasteiger partial charge in [0.1, 0.15) is 0 Å². The molecule has 0 N–H and O–H groups in total. The Morgan fingerprint density at radius 2 is 2.29 bits per heavy atom. The van der Waals surface area contributed by atoms with E-state index in [1.165, 1.54) is 10.6 Å². The molecule has 1 saturated heterocycles. The minimum Gasteiger partial charge on any atom is -0.340 e. The number of hydrogen-bond donors (Lipinski definition) is 0. The van der Waals surface area contributed by atoms with Crippen LogP contribution in [-0.2, 0) is 11.2 Å². The molecule has 5 heteroatoms. The molecular formula is C16H27N3OS. The summed E-state index contributed by atoms with van der Waals surface area (Å²) in [7, 11) is 2.19. The lowest BCUT2D eigenvalue weighted by molar-refractivity contribution is -0.136. The van der Waals surface area contributed by atoms with E-state index >= 15 is 0 Å². The van der Waals surface area contributed by atoms with E-state index in [1.807, 2.05) is 10.4 Å². The van der Waals surface area contributed by atoms with Gasteiger partial charge in [0.25, 0.3) is 0 Å². The number of carbonyl (C=O) groups excluding carboxylic acids is 1. The van der Waals surface area contributed by atoms with Crippen LogP contribution in [0.4, 0.5) is 0 Å². The summed E-state index contributed by atoms with van der Waals surface area (Å²) in [6, 6.07) is 0.324. The summed E-state index contributed by atoms with van der Waals surface area (Å²) in [5, 5.41) is 0. The highest BCUT2D eigenvalue weighted by atomic mass is 32.1. The molecule has 1 atom stereocenters. The Morgan fingerprint density at radius 3 is 2.90 bits per heavy atom. The maximum Gasteiger partial charge on any atom is 0.222 e. The average molecular weight is 309 g/mol. The standard InChI is InChI=1S/C16H27N3OS/c1-12(2)19-10-14(5-6-16(19)20)9-18(4)8-7-15-13(3)17-11-21-15/h11-12,14H,5-10H2,1-4H3. The Morgan fingerprint density at radius 1 is 1.52 bits per heavy atom. The van der Waals surface area contributed by atoms with Crippen molar-refractivity contribution in [2.24, 2.45) is 5.92 Å². The molecule has 1 aliphatic heterocycles. The lowest BCUT2D eigenvalue weighted by Crippen LogP contribution is -2.46. The van der Waals surface area contributed by atoms with Gasteiger partial charge in [-0.1, -0.05) is 0 Å². The summed E-state index contributed by atoms with van der Waals surface area (Å²) in [6.07, 6.45) is 2.82. The van der Waals surface area contributed by atoms with Gasteiger partial charge in [-0.15, -0.1) is 11.3 Å². The lowest BCUT2D eigenvalue weighted by atomic mass is 9.96. The van der Waals surface area contributed by atoms with Crippen LogP contribution in [-0.4, -0.2) is 53.4 Å². The first-order chi connectivity index (χ1) is 9.97. The normalized spacial score (nSPS) is 19.8. The minimum atomic E-state index is 0.323. The number of likely N-dealkylation sites (N-methyl/N-ethyl adjacent to an activating group) is 1. The maximum atomic E-state index is 11.9. The molecule has 0 radical (unpaired) electrons. The van der Waals surface area contributed by atoms with Crippen molar-refractivity contribution in [2.75, 3.05) is 26.7 Å². The second-order valence-electron chi connectivity index (χ2n) is 6.42. The van der Waals surface area contributed by atoms with Gasteiger partial charge in [0, 0.05) is 37.0 Å². The Balaban J connectivity index is 1.78. The van der Waals surface area contributed by atoms with Crippen LogP contribution < -0.4 is 0 Å². The zero-order valence-electron chi connectivity index (χ0n) is 13.6. The Bertz CT molecular complexity index is 472. The van der Waals surface area contributed by atoms with Gasteiger partial charge < -0.3 is 9.80 Å². The smallest absolute Gasteiger partial charge is 0.222 e. The second kappa shape index (κ2) is 7.36. The molecule has 0 spiro atoms. The van der Waals surface area contributed by atoms with Gasteiger partial charge in [0.15, 0.2) is 0 Å². The van der Waals surface area contributed by atoms with Gasteiger partial charge >= 0.3 is 0 Å². The van der Waals surface area contributed by atoms with E-state index in [1.54, 1.807) is 11.3 Å². The fourth-order valence-corrected chi connectivity index (χ4v) is 3.75. The van der Waals surface area contributed by atoms with Crippen LogP contribution in [0.5, 0.6) is 0 Å². The van der Waals surface area contributed by atoms with Crippen LogP contribution in [0.25, 0.3) is 0 Å². The highest BCUT2D eigenvalue weighted by molar-refractivity contribution is 7.09. The van der Waals surface area contributed by atoms with Crippen molar-refractivity contribution in [3.05, 3.63) is 16.1 Å². The van der Waals surface area contributed by atoms with Gasteiger partial charge in [-0.25, -0.2) is 4.98 Å². The summed E-state index contributed by atoms with van der Waals surface area (Å²) in [4.78, 5) is 22.0. The molecule has 2 heterocycles. The Labute approximate surface area is 132 Å². The molecule has 1 aromatic rings. The third-order valence-corrected chi connectivity index (χ3v) is 5.30. The Hall–Kier alpha value is -0.940. The van der Waals surface area contributed by atoms with Gasteiger partial charge in [-0.05, 0) is 46.6 Å². The summed E-state index contributed by atoms with van der Waals surface area (Å²) in [6.45, 7) is 9.36. The summed E-state index contributed by atoms with van der Waals surface area (Å²) >= 11 is 1.75. The molecule has 21 heavy (non-hydrogen) atoms. The number of carbonyl (C=O) groups is 1. The molecule has 1 fully saturated rings. The predicted octanol–water partition coefficient (Wildman–Crippen LogP) is 2.57. The molecule has 1 amide bonds. The molecule has 1 aliphatic rings. The van der Waals surface area contributed by atoms with Crippen molar-refractivity contribution < 1.29 is 4.79 Å². The second-order valence-corrected chi connectivity index (χ2v) is 7.36. The van der Waals surface area contributed by atoms with E-state index in [0.717, 1.165) is 32.5 Å². The molecular weight excluding hydrogens is 282 g/mol. The number of amides is 1. The zero-order chi connectivity index (χ0) is 15.4. The number of rotatable bonds is 6. The van der Waals surface area contributed by atoms with E-state index in [2.05, 4.69) is 37.7 Å². The van der Waals surface area contributed by atoms with Crippen LogP contribution >= 0.6 is 11.3 Å². The fraction of sp³-hybridized carbons (Fsp3) is 0.750. The summed E-state index contributed by atoms with van der Waals surface area (Å²) < 4.78 is 0. The number of aromatic nitrogens is 1. The molecule has 1 aromatic heterocycles. The zero-order valence-corrected chi connectivity index (χ0v) is 14.4. The number of hydrogen-bond acceptors (Lipinski definition) is 4. The number of nitrogens with zero attached hydrogens (tertiary/aromatic N) is 3. The van der Waals surface area contributed by atoms with Crippen molar-refractivity contribution >= 4 is 17.2 Å². The van der Waals surface area contributed by atoms with Gasteiger partial charge in [0.2, 0.25) is 5.91 Å². The van der Waals surface area contributed by atoms with Gasteiger partial charge in [-0.2, -0.15) is 0 Å². The Kier molecular flexibility index (Phi) is 5.76. The first-order valence-electron chi connectivity index (χ1n) is 7.84. The van der Waals surface area contributed by atoms with Crippen LogP contribution in [0.1, 0.15) is 37.3 Å². The minimum absolute atomic E-state index is 0.323. The van der Waals surface area contributed by atoms with E-state index in [-0.39, 0.29) is 0 Å². The molecule has 0 aromatic carbocycles. The van der Waals surface area contributed by atoms with E-state index < -0.39 is 0 Å². The third kappa shape index (κ3) is 4.51. The largest absolute Gasteiger partial charge is 0.340 e. The first kappa shape index (κ1) is 16.4. The van der Waals surface area contributed by atoms with Crippen molar-refractivity contribution in [1.82, 2.24) is 14.8 Å². The lowest BCUT2D eigenvalue weighted by Gasteiger charge is -2.37. The predicted molar refractivity (Wildman–Crippen MR) is 87.6 cm³/mol. The van der Waals surface area contributed by atoms with E-state index in [9.17, 15) is 4.79 Å². The van der Waals surface area contributed by atoms with Crippen LogP contribution in [0.15, 0.2) is 5.51 Å². The molecule has 0 bridgehead atoms. The number of aryl methyl sites for hydroxylation is 1. The molecule has 4 nitrogen and oxygen atoms in total. The summed E-state index contributed by atoms with van der Waals surface area (Å²) in [5.74, 6) is 0.932. The van der Waals surface area contributed by atoms with Gasteiger partial charge in [-0.3, -0.25) is 4.79 Å². The fourth-order valence-electron chi connectivity index (χ4n) is 2.98. The quantitative estimate of drug-likeness (QED) is 0.810. The average Bonchev–Trinajstić information content (AvgIpc) is 2.84. The van der Waals surface area contributed by atoms with Crippen LogP contribution in [0.3, 0.4) is 0 Å². The number of piperidine rings is 1. The maximum absolute atomic E-state index is 11.9. The van der Waals surface area contributed by atoms with Crippen LogP contribution in [0.2, 0.25) is 0 Å². The first-order valence-corrected chi connectivity index (χ1v) is 8.72. The highest BCUT2D eigenvalue weighted by Crippen LogP contribution is 2.21. The van der Waals surface area contributed by atoms with E-state index in [0.29, 0.717) is 24.3 Å². The van der Waals surface area contributed by atoms with Crippen molar-refractivity contribution in [3.8, 4) is 0 Å².